The number of hydrogen-bond acceptors (Lipinski definition) is 3. The fourth-order valence-corrected chi connectivity index (χ4v) is 0.990. The minimum atomic E-state index is -2.53. The lowest BCUT2D eigenvalue weighted by Gasteiger charge is -1.98. The molecule has 0 aromatic carbocycles. The van der Waals surface area contributed by atoms with Crippen LogP contribution in [0.4, 0.5) is 0 Å². The van der Waals surface area contributed by atoms with Crippen LogP contribution in [0.5, 0.6) is 0 Å². The topological polar surface area (TPSA) is 43.6 Å². The maximum Gasteiger partial charge on any atom is 0.156 e. The summed E-state index contributed by atoms with van der Waals surface area (Å²) in [6.07, 6.45) is 1.98. The van der Waals surface area contributed by atoms with Crippen LogP contribution in [-0.2, 0) is 0 Å². The van der Waals surface area contributed by atoms with Crippen LogP contribution in [0.25, 0.3) is 5.82 Å². The van der Waals surface area contributed by atoms with Gasteiger partial charge in [-0.2, -0.15) is 0 Å². The van der Waals surface area contributed by atoms with Gasteiger partial charge in [0.15, 0.2) is 5.82 Å². The van der Waals surface area contributed by atoms with E-state index in [2.05, 4.69) is 30.9 Å². The van der Waals surface area contributed by atoms with E-state index in [1.165, 1.54) is 12.4 Å². The molecule has 4 nitrogen and oxygen atoms in total. The SMILES string of the molecule is [2H]c1nc(C([2H])([2H])[2H])c([2H])n1-c1cnc(Br)cn1. The van der Waals surface area contributed by atoms with Gasteiger partial charge in [0.2, 0.25) is 0 Å². The van der Waals surface area contributed by atoms with Crippen molar-refractivity contribution in [2.24, 2.45) is 0 Å². The van der Waals surface area contributed by atoms with E-state index in [-0.39, 0.29) is 18.3 Å². The second-order valence-corrected chi connectivity index (χ2v) is 3.02. The zero-order valence-corrected chi connectivity index (χ0v) is 7.91. The molecule has 0 radical (unpaired) electrons. The average molecular weight is 244 g/mol. The Hall–Kier alpha value is -1.23. The second-order valence-electron chi connectivity index (χ2n) is 2.20. The number of aromatic nitrogens is 4. The normalized spacial score (nSPS) is 16.8. The van der Waals surface area contributed by atoms with E-state index >= 15 is 0 Å². The summed E-state index contributed by atoms with van der Waals surface area (Å²) in [5.74, 6) is 0.177. The first-order valence-electron chi connectivity index (χ1n) is 5.85. The van der Waals surface area contributed by atoms with E-state index in [9.17, 15) is 0 Å². The van der Waals surface area contributed by atoms with Crippen LogP contribution >= 0.6 is 15.9 Å². The van der Waals surface area contributed by atoms with Crippen molar-refractivity contribution in [2.75, 3.05) is 0 Å². The van der Waals surface area contributed by atoms with Gasteiger partial charge in [0.05, 0.1) is 19.5 Å². The lowest BCUT2D eigenvalue weighted by Crippen LogP contribution is -1.94. The summed E-state index contributed by atoms with van der Waals surface area (Å²) in [6.45, 7) is -2.53. The minimum absolute atomic E-state index is 0.177. The smallest absolute Gasteiger partial charge is 0.156 e. The fourth-order valence-electron chi connectivity index (χ4n) is 0.785. The van der Waals surface area contributed by atoms with E-state index in [0.717, 1.165) is 4.57 Å². The molecule has 2 aromatic rings. The number of imidazole rings is 1. The Balaban J connectivity index is 2.59. The highest BCUT2D eigenvalue weighted by atomic mass is 79.9. The number of rotatable bonds is 1. The molecule has 0 aliphatic carbocycles. The molecule has 0 amide bonds. The summed E-state index contributed by atoms with van der Waals surface area (Å²) < 4.78 is 38.6. The summed E-state index contributed by atoms with van der Waals surface area (Å²) in [7, 11) is 0. The van der Waals surface area contributed by atoms with Crippen molar-refractivity contribution in [2.45, 2.75) is 6.85 Å². The molecule has 2 heterocycles. The molecule has 0 atom stereocenters. The first kappa shape index (κ1) is 4.32. The molecule has 5 heteroatoms. The third-order valence-corrected chi connectivity index (χ3v) is 1.72. The Morgan fingerprint density at radius 2 is 2.38 bits per heavy atom. The van der Waals surface area contributed by atoms with Crippen molar-refractivity contribution in [1.29, 1.82) is 0 Å². The van der Waals surface area contributed by atoms with Gasteiger partial charge in [0, 0.05) is 10.3 Å². The van der Waals surface area contributed by atoms with Crippen molar-refractivity contribution in [3.05, 3.63) is 35.2 Å². The minimum Gasteiger partial charge on any atom is -0.289 e. The summed E-state index contributed by atoms with van der Waals surface area (Å²) in [6, 6.07) is 0. The predicted molar refractivity (Wildman–Crippen MR) is 51.6 cm³/mol. The van der Waals surface area contributed by atoms with Gasteiger partial charge in [-0.1, -0.05) is 0 Å². The molecular weight excluding hydrogens is 232 g/mol. The fraction of sp³-hybridized carbons (Fsp3) is 0.125. The van der Waals surface area contributed by atoms with Crippen molar-refractivity contribution >= 4 is 15.9 Å². The van der Waals surface area contributed by atoms with E-state index in [1.54, 1.807) is 0 Å². The van der Waals surface area contributed by atoms with Gasteiger partial charge in [-0.3, -0.25) is 4.57 Å². The highest BCUT2D eigenvalue weighted by Crippen LogP contribution is 2.07. The first-order chi connectivity index (χ1) is 8.30. The van der Waals surface area contributed by atoms with Crippen LogP contribution in [0.2, 0.25) is 0 Å². The largest absolute Gasteiger partial charge is 0.289 e. The Bertz CT molecular complexity index is 576. The average Bonchev–Trinajstić information content (AvgIpc) is 2.56. The third-order valence-electron chi connectivity index (χ3n) is 1.32. The molecule has 2 aromatic heterocycles. The predicted octanol–water partition coefficient (Wildman–Crippen LogP) is 1.73. The molecule has 0 saturated carbocycles. The van der Waals surface area contributed by atoms with Crippen LogP contribution in [0, 0.1) is 6.85 Å². The molecule has 0 spiro atoms. The molecule has 0 aliphatic heterocycles. The molecule has 2 rings (SSSR count). The second kappa shape index (κ2) is 3.26. The zero-order valence-electron chi connectivity index (χ0n) is 11.3. The van der Waals surface area contributed by atoms with E-state index < -0.39 is 12.5 Å². The summed E-state index contributed by atoms with van der Waals surface area (Å²) in [5.41, 5.74) is -0.419. The van der Waals surface area contributed by atoms with Crippen LogP contribution < -0.4 is 0 Å². The number of hydrogen-bond donors (Lipinski definition) is 0. The zero-order chi connectivity index (χ0) is 13.5. The van der Waals surface area contributed by atoms with Crippen LogP contribution in [0.3, 0.4) is 0 Å². The quantitative estimate of drug-likeness (QED) is 0.767. The van der Waals surface area contributed by atoms with Gasteiger partial charge in [0.25, 0.3) is 0 Å². The highest BCUT2D eigenvalue weighted by Gasteiger charge is 1.98. The van der Waals surface area contributed by atoms with Crippen molar-refractivity contribution in [3.63, 3.8) is 0 Å². The lowest BCUT2D eigenvalue weighted by atomic mass is 10.5. The molecule has 0 saturated heterocycles. The Morgan fingerprint density at radius 3 is 3.00 bits per heavy atom. The molecule has 0 fully saturated rings. The lowest BCUT2D eigenvalue weighted by molar-refractivity contribution is 0.963. The standard InChI is InChI=1S/C8H7BrN4/c1-6-4-13(5-12-6)8-3-10-7(9)2-11-8/h2-5H,1H3/i1D3,4D,5D. The van der Waals surface area contributed by atoms with Crippen LogP contribution in [0.1, 0.15) is 12.5 Å². The van der Waals surface area contributed by atoms with Gasteiger partial charge >= 0.3 is 0 Å². The maximum absolute atomic E-state index is 7.76. The van der Waals surface area contributed by atoms with Crippen LogP contribution in [0.15, 0.2) is 29.5 Å². The Morgan fingerprint density at radius 1 is 1.46 bits per heavy atom. The molecule has 13 heavy (non-hydrogen) atoms. The van der Waals surface area contributed by atoms with E-state index in [4.69, 9.17) is 6.85 Å². The van der Waals surface area contributed by atoms with Crippen LogP contribution in [-0.4, -0.2) is 19.5 Å². The van der Waals surface area contributed by atoms with Gasteiger partial charge < -0.3 is 0 Å². The van der Waals surface area contributed by atoms with Crippen molar-refractivity contribution in [1.82, 2.24) is 19.5 Å². The molecule has 0 N–H and O–H groups in total. The summed E-state index contributed by atoms with van der Waals surface area (Å²) >= 11 is 3.11. The van der Waals surface area contributed by atoms with Gasteiger partial charge in [-0.25, -0.2) is 15.0 Å². The number of aryl methyl sites for hydroxylation is 1. The van der Waals surface area contributed by atoms with Crippen molar-refractivity contribution < 1.29 is 6.85 Å². The maximum atomic E-state index is 7.76. The first-order valence-corrected chi connectivity index (χ1v) is 4.14. The van der Waals surface area contributed by atoms with E-state index in [0.29, 0.717) is 4.60 Å². The Kier molecular flexibility index (Phi) is 1.08. The third kappa shape index (κ3) is 1.75. The highest BCUT2D eigenvalue weighted by molar-refractivity contribution is 9.10. The summed E-state index contributed by atoms with van der Waals surface area (Å²) in [4.78, 5) is 11.4. The molecule has 0 unspecified atom stereocenters. The van der Waals surface area contributed by atoms with Gasteiger partial charge in [-0.15, -0.1) is 0 Å². The summed E-state index contributed by atoms with van der Waals surface area (Å²) in [5, 5.41) is 0. The molecule has 0 aliphatic rings. The van der Waals surface area contributed by atoms with Crippen molar-refractivity contribution in [3.8, 4) is 5.82 Å². The van der Waals surface area contributed by atoms with E-state index in [1.807, 2.05) is 0 Å². The molecular formula is C8H7BrN4. The Labute approximate surface area is 90.8 Å². The molecule has 66 valence electrons. The van der Waals surface area contributed by atoms with Gasteiger partial charge in [-0.05, 0) is 22.8 Å². The number of nitrogens with zero attached hydrogens (tertiary/aromatic N) is 4. The molecule has 0 bridgehead atoms. The van der Waals surface area contributed by atoms with Gasteiger partial charge in [0.1, 0.15) is 12.3 Å². The number of halogens is 1. The monoisotopic (exact) mass is 243 g/mol.